The van der Waals surface area contributed by atoms with E-state index in [0.29, 0.717) is 19.4 Å². The normalized spacial score (nSPS) is 14.1. The summed E-state index contributed by atoms with van der Waals surface area (Å²) in [5.74, 6) is 0. The Morgan fingerprint density at radius 3 is 3.00 bits per heavy atom. The average molecular weight is 243 g/mol. The lowest BCUT2D eigenvalue weighted by Gasteiger charge is -2.21. The van der Waals surface area contributed by atoms with Crippen LogP contribution in [-0.4, -0.2) is 22.7 Å². The number of pyridine rings is 1. The third kappa shape index (κ3) is 4.06. The van der Waals surface area contributed by atoms with E-state index in [0.717, 1.165) is 5.56 Å². The number of rotatable bonds is 5. The standard InChI is InChI=1S/C11H15ClN2O2/c1-11(12,5-3-7-14-10(15)16)9-4-2-6-13-8-9/h2,4,6,8,14H,3,5,7H2,1H3,(H,15,16). The van der Waals surface area contributed by atoms with Crippen molar-refractivity contribution >= 4 is 17.7 Å². The van der Waals surface area contributed by atoms with E-state index < -0.39 is 11.0 Å². The zero-order valence-electron chi connectivity index (χ0n) is 9.11. The summed E-state index contributed by atoms with van der Waals surface area (Å²) in [6.07, 6.45) is 3.82. The minimum Gasteiger partial charge on any atom is -0.465 e. The zero-order valence-corrected chi connectivity index (χ0v) is 9.87. The molecule has 0 aliphatic heterocycles. The topological polar surface area (TPSA) is 62.2 Å². The van der Waals surface area contributed by atoms with Crippen molar-refractivity contribution in [2.75, 3.05) is 6.54 Å². The van der Waals surface area contributed by atoms with Gasteiger partial charge in [-0.2, -0.15) is 0 Å². The molecule has 16 heavy (non-hydrogen) atoms. The highest BCUT2D eigenvalue weighted by molar-refractivity contribution is 6.23. The summed E-state index contributed by atoms with van der Waals surface area (Å²) in [6, 6.07) is 3.76. The molecule has 1 aromatic rings. The molecule has 0 aliphatic carbocycles. The molecule has 0 bridgehead atoms. The van der Waals surface area contributed by atoms with Crippen molar-refractivity contribution in [3.63, 3.8) is 0 Å². The quantitative estimate of drug-likeness (QED) is 0.616. The maximum Gasteiger partial charge on any atom is 0.404 e. The van der Waals surface area contributed by atoms with Crippen molar-refractivity contribution < 1.29 is 9.90 Å². The Labute approximate surface area is 99.6 Å². The van der Waals surface area contributed by atoms with Gasteiger partial charge in [0.05, 0.1) is 4.87 Å². The lowest BCUT2D eigenvalue weighted by Crippen LogP contribution is -2.24. The maximum absolute atomic E-state index is 10.2. The van der Waals surface area contributed by atoms with Gasteiger partial charge in [-0.1, -0.05) is 6.07 Å². The van der Waals surface area contributed by atoms with Gasteiger partial charge in [-0.3, -0.25) is 4.98 Å². The number of carboxylic acid groups (broad SMARTS) is 1. The predicted octanol–water partition coefficient (Wildman–Crippen LogP) is 2.58. The van der Waals surface area contributed by atoms with Crippen molar-refractivity contribution in [2.45, 2.75) is 24.6 Å². The Morgan fingerprint density at radius 2 is 2.44 bits per heavy atom. The second kappa shape index (κ2) is 5.70. The van der Waals surface area contributed by atoms with Crippen LogP contribution in [-0.2, 0) is 4.87 Å². The third-order valence-electron chi connectivity index (χ3n) is 2.36. The van der Waals surface area contributed by atoms with Crippen molar-refractivity contribution in [2.24, 2.45) is 0 Å². The van der Waals surface area contributed by atoms with Crippen LogP contribution in [0.25, 0.3) is 0 Å². The maximum atomic E-state index is 10.2. The molecule has 0 aliphatic rings. The number of aromatic nitrogens is 1. The monoisotopic (exact) mass is 242 g/mol. The van der Waals surface area contributed by atoms with Gasteiger partial charge in [0.25, 0.3) is 0 Å². The molecule has 1 aromatic heterocycles. The highest BCUT2D eigenvalue weighted by atomic mass is 35.5. The van der Waals surface area contributed by atoms with Crippen LogP contribution in [0.1, 0.15) is 25.3 Å². The number of amides is 1. The highest BCUT2D eigenvalue weighted by Gasteiger charge is 2.22. The molecule has 1 atom stereocenters. The number of nitrogens with one attached hydrogen (secondary N) is 1. The summed E-state index contributed by atoms with van der Waals surface area (Å²) in [6.45, 7) is 2.32. The van der Waals surface area contributed by atoms with Gasteiger partial charge >= 0.3 is 6.09 Å². The van der Waals surface area contributed by atoms with E-state index in [9.17, 15) is 4.79 Å². The van der Waals surface area contributed by atoms with Crippen molar-refractivity contribution in [3.05, 3.63) is 30.1 Å². The molecule has 2 N–H and O–H groups in total. The summed E-state index contributed by atoms with van der Waals surface area (Å²) in [7, 11) is 0. The molecule has 1 heterocycles. The van der Waals surface area contributed by atoms with Crippen LogP contribution in [0.4, 0.5) is 4.79 Å². The number of alkyl halides is 1. The van der Waals surface area contributed by atoms with Gasteiger partial charge in [0.15, 0.2) is 0 Å². The Balaban J connectivity index is 2.43. The van der Waals surface area contributed by atoms with Crippen molar-refractivity contribution in [1.82, 2.24) is 10.3 Å². The van der Waals surface area contributed by atoms with E-state index in [1.165, 1.54) is 0 Å². The van der Waals surface area contributed by atoms with E-state index in [1.807, 2.05) is 19.1 Å². The molecule has 0 radical (unpaired) electrons. The molecule has 0 saturated carbocycles. The number of carbonyl (C=O) groups is 1. The number of halogens is 1. The van der Waals surface area contributed by atoms with Crippen LogP contribution in [0.5, 0.6) is 0 Å². The Hall–Kier alpha value is -1.29. The van der Waals surface area contributed by atoms with Gasteiger partial charge in [-0.05, 0) is 31.4 Å². The molecule has 1 unspecified atom stereocenters. The molecule has 4 nitrogen and oxygen atoms in total. The first kappa shape index (κ1) is 12.8. The average Bonchev–Trinajstić information content (AvgIpc) is 2.26. The highest BCUT2D eigenvalue weighted by Crippen LogP contribution is 2.32. The summed E-state index contributed by atoms with van der Waals surface area (Å²) in [4.78, 5) is 13.8. The predicted molar refractivity (Wildman–Crippen MR) is 62.7 cm³/mol. The van der Waals surface area contributed by atoms with Gasteiger partial charge in [0.2, 0.25) is 0 Å². The van der Waals surface area contributed by atoms with E-state index in [2.05, 4.69) is 10.3 Å². The van der Waals surface area contributed by atoms with Crippen LogP contribution in [0.2, 0.25) is 0 Å². The first-order valence-corrected chi connectivity index (χ1v) is 5.46. The van der Waals surface area contributed by atoms with Crippen LogP contribution in [0, 0.1) is 0 Å². The van der Waals surface area contributed by atoms with Gasteiger partial charge < -0.3 is 10.4 Å². The van der Waals surface area contributed by atoms with Gasteiger partial charge in [-0.25, -0.2) is 4.79 Å². The van der Waals surface area contributed by atoms with Gasteiger partial charge in [-0.15, -0.1) is 11.6 Å². The molecule has 0 fully saturated rings. The molecular weight excluding hydrogens is 228 g/mol. The zero-order chi connectivity index (χ0) is 12.0. The molecule has 0 spiro atoms. The lowest BCUT2D eigenvalue weighted by atomic mass is 9.97. The van der Waals surface area contributed by atoms with Crippen LogP contribution in [0.15, 0.2) is 24.5 Å². The van der Waals surface area contributed by atoms with Crippen molar-refractivity contribution in [1.29, 1.82) is 0 Å². The molecule has 88 valence electrons. The Bertz CT molecular complexity index is 341. The summed E-state index contributed by atoms with van der Waals surface area (Å²) in [5.41, 5.74) is 0.951. The van der Waals surface area contributed by atoms with Crippen LogP contribution < -0.4 is 5.32 Å². The summed E-state index contributed by atoms with van der Waals surface area (Å²) in [5, 5.41) is 10.7. The van der Waals surface area contributed by atoms with E-state index in [1.54, 1.807) is 12.4 Å². The lowest BCUT2D eigenvalue weighted by molar-refractivity contribution is 0.194. The fourth-order valence-electron chi connectivity index (χ4n) is 1.43. The van der Waals surface area contributed by atoms with Crippen molar-refractivity contribution in [3.8, 4) is 0 Å². The minimum atomic E-state index is -1.00. The number of nitrogens with zero attached hydrogens (tertiary/aromatic N) is 1. The van der Waals surface area contributed by atoms with E-state index in [-0.39, 0.29) is 0 Å². The SMILES string of the molecule is CC(Cl)(CCCNC(=O)O)c1cccnc1. The molecule has 0 aromatic carbocycles. The van der Waals surface area contributed by atoms with Gasteiger partial charge in [0, 0.05) is 18.9 Å². The smallest absolute Gasteiger partial charge is 0.404 e. The largest absolute Gasteiger partial charge is 0.465 e. The molecular formula is C11H15ClN2O2. The Kier molecular flexibility index (Phi) is 4.55. The minimum absolute atomic E-state index is 0.415. The third-order valence-corrected chi connectivity index (χ3v) is 2.77. The summed E-state index contributed by atoms with van der Waals surface area (Å²) >= 11 is 6.36. The molecule has 1 amide bonds. The van der Waals surface area contributed by atoms with E-state index in [4.69, 9.17) is 16.7 Å². The fraction of sp³-hybridized carbons (Fsp3) is 0.455. The molecule has 5 heteroatoms. The second-order valence-electron chi connectivity index (χ2n) is 3.77. The Morgan fingerprint density at radius 1 is 1.69 bits per heavy atom. The fourth-order valence-corrected chi connectivity index (χ4v) is 1.68. The summed E-state index contributed by atoms with van der Waals surface area (Å²) < 4.78 is 0. The van der Waals surface area contributed by atoms with Gasteiger partial charge in [0.1, 0.15) is 0 Å². The number of hydrogen-bond donors (Lipinski definition) is 2. The first-order chi connectivity index (χ1) is 7.52. The van der Waals surface area contributed by atoms with Crippen LogP contribution >= 0.6 is 11.6 Å². The first-order valence-electron chi connectivity index (χ1n) is 5.08. The second-order valence-corrected chi connectivity index (χ2v) is 4.61. The number of hydrogen-bond acceptors (Lipinski definition) is 2. The van der Waals surface area contributed by atoms with E-state index >= 15 is 0 Å². The van der Waals surface area contributed by atoms with Crippen LogP contribution in [0.3, 0.4) is 0 Å². The molecule has 0 saturated heterocycles. The molecule has 1 rings (SSSR count).